The zero-order chi connectivity index (χ0) is 20.7. The third-order valence-electron chi connectivity index (χ3n) is 5.25. The van der Waals surface area contributed by atoms with Gasteiger partial charge in [0.15, 0.2) is 0 Å². The van der Waals surface area contributed by atoms with Crippen molar-refractivity contribution in [3.8, 4) is 22.3 Å². The lowest BCUT2D eigenvalue weighted by molar-refractivity contribution is 0.555. The Morgan fingerprint density at radius 3 is 2.30 bits per heavy atom. The Kier molecular flexibility index (Phi) is 4.64. The molecule has 0 spiro atoms. The van der Waals surface area contributed by atoms with Gasteiger partial charge in [-0.1, -0.05) is 64.5 Å². The first-order chi connectivity index (χ1) is 14.7. The molecule has 0 saturated heterocycles. The lowest BCUT2D eigenvalue weighted by atomic mass is 9.95. The number of hydrogen-bond acceptors (Lipinski definition) is 3. The molecule has 2 aromatic heterocycles. The molecule has 0 amide bonds. The van der Waals surface area contributed by atoms with Crippen LogP contribution in [0.25, 0.3) is 44.2 Å². The highest BCUT2D eigenvalue weighted by Crippen LogP contribution is 2.39. The third kappa shape index (κ3) is 3.10. The van der Waals surface area contributed by atoms with Gasteiger partial charge in [-0.15, -0.1) is 6.58 Å². The average Bonchev–Trinajstić information content (AvgIpc) is 3.18. The third-order valence-corrected chi connectivity index (χ3v) is 5.78. The second-order valence-corrected chi connectivity index (χ2v) is 8.02. The van der Waals surface area contributed by atoms with Crippen molar-refractivity contribution in [1.82, 2.24) is 0 Å². The Morgan fingerprint density at radius 1 is 0.867 bits per heavy atom. The van der Waals surface area contributed by atoms with Crippen molar-refractivity contribution >= 4 is 37.9 Å². The number of allylic oxidation sites excluding steroid dienone is 1. The molecule has 0 bridgehead atoms. The van der Waals surface area contributed by atoms with Crippen LogP contribution >= 0.6 is 15.9 Å². The molecule has 30 heavy (non-hydrogen) atoms. The zero-order valence-electron chi connectivity index (χ0n) is 16.0. The van der Waals surface area contributed by atoms with Crippen molar-refractivity contribution < 1.29 is 8.83 Å². The van der Waals surface area contributed by atoms with E-state index >= 15 is 0 Å². The fourth-order valence-electron chi connectivity index (χ4n) is 3.90. The predicted octanol–water partition coefficient (Wildman–Crippen LogP) is 7.36. The van der Waals surface area contributed by atoms with Crippen LogP contribution in [0, 0.1) is 0 Å². The standard InChI is InChI=1S/C26H17BrO3/c1-2-6-19-25-22(23(15-29-25)17-9-11-18(27)12-10-17)13-21-20(14-24(28)30-26(19)21)16-7-4-3-5-8-16/h2-5,7-15H,1,6H2. The summed E-state index contributed by atoms with van der Waals surface area (Å²) in [6.07, 6.45) is 4.09. The number of furan rings is 1. The second kappa shape index (κ2) is 7.47. The molecule has 2 heterocycles. The summed E-state index contributed by atoms with van der Waals surface area (Å²) in [7, 11) is 0. The van der Waals surface area contributed by atoms with Crippen molar-refractivity contribution in [1.29, 1.82) is 0 Å². The molecule has 0 aliphatic heterocycles. The lowest BCUT2D eigenvalue weighted by Crippen LogP contribution is -2.00. The van der Waals surface area contributed by atoms with Crippen LogP contribution in [0.4, 0.5) is 0 Å². The Labute approximate surface area is 181 Å². The first-order valence-electron chi connectivity index (χ1n) is 9.59. The van der Waals surface area contributed by atoms with E-state index in [9.17, 15) is 4.79 Å². The predicted molar refractivity (Wildman–Crippen MR) is 125 cm³/mol. The maximum absolute atomic E-state index is 12.4. The van der Waals surface area contributed by atoms with Gasteiger partial charge in [0.05, 0.1) is 6.26 Å². The van der Waals surface area contributed by atoms with Gasteiger partial charge in [0, 0.05) is 32.4 Å². The highest BCUT2D eigenvalue weighted by atomic mass is 79.9. The SMILES string of the molecule is C=CCc1c2occ(-c3ccc(Br)cc3)c2cc2c(-c3ccccc3)cc(=O)oc12. The van der Waals surface area contributed by atoms with Gasteiger partial charge in [0.25, 0.3) is 0 Å². The highest BCUT2D eigenvalue weighted by molar-refractivity contribution is 9.10. The summed E-state index contributed by atoms with van der Waals surface area (Å²) in [6, 6.07) is 21.6. The number of fused-ring (bicyclic) bond motifs is 2. The van der Waals surface area contributed by atoms with Crippen LogP contribution in [0.2, 0.25) is 0 Å². The fraction of sp³-hybridized carbons (Fsp3) is 0.0385. The molecule has 4 heteroatoms. The van der Waals surface area contributed by atoms with Crippen LogP contribution in [0.5, 0.6) is 0 Å². The molecule has 5 rings (SSSR count). The number of halogens is 1. The largest absolute Gasteiger partial charge is 0.463 e. The number of hydrogen-bond donors (Lipinski definition) is 0. The smallest absolute Gasteiger partial charge is 0.336 e. The van der Waals surface area contributed by atoms with Crippen LogP contribution in [0.1, 0.15) is 5.56 Å². The van der Waals surface area contributed by atoms with Crippen LogP contribution in [-0.4, -0.2) is 0 Å². The van der Waals surface area contributed by atoms with E-state index in [1.54, 1.807) is 18.4 Å². The van der Waals surface area contributed by atoms with Gasteiger partial charge < -0.3 is 8.83 Å². The minimum absolute atomic E-state index is 0.384. The summed E-state index contributed by atoms with van der Waals surface area (Å²) in [6.45, 7) is 3.88. The summed E-state index contributed by atoms with van der Waals surface area (Å²) >= 11 is 3.49. The first kappa shape index (κ1) is 18.6. The van der Waals surface area contributed by atoms with Gasteiger partial charge in [-0.2, -0.15) is 0 Å². The summed E-state index contributed by atoms with van der Waals surface area (Å²) in [4.78, 5) is 12.4. The molecule has 0 atom stereocenters. The lowest BCUT2D eigenvalue weighted by Gasteiger charge is -2.10. The van der Waals surface area contributed by atoms with Gasteiger partial charge >= 0.3 is 5.63 Å². The van der Waals surface area contributed by atoms with E-state index in [2.05, 4.69) is 40.7 Å². The molecule has 0 fully saturated rings. The molecule has 3 aromatic carbocycles. The van der Waals surface area contributed by atoms with Crippen molar-refractivity contribution in [3.63, 3.8) is 0 Å². The van der Waals surface area contributed by atoms with Gasteiger partial charge in [-0.3, -0.25) is 0 Å². The Balaban J connectivity index is 1.90. The van der Waals surface area contributed by atoms with Gasteiger partial charge in [0.2, 0.25) is 0 Å². The molecule has 0 saturated carbocycles. The maximum Gasteiger partial charge on any atom is 0.336 e. The summed E-state index contributed by atoms with van der Waals surface area (Å²) in [5, 5.41) is 1.86. The van der Waals surface area contributed by atoms with Crippen LogP contribution in [0.3, 0.4) is 0 Å². The number of benzene rings is 3. The van der Waals surface area contributed by atoms with E-state index in [0.717, 1.165) is 43.1 Å². The summed E-state index contributed by atoms with van der Waals surface area (Å²) in [5.74, 6) is 0. The van der Waals surface area contributed by atoms with E-state index in [-0.39, 0.29) is 5.63 Å². The van der Waals surface area contributed by atoms with Crippen molar-refractivity contribution in [2.24, 2.45) is 0 Å². The van der Waals surface area contributed by atoms with Gasteiger partial charge in [0.1, 0.15) is 11.2 Å². The molecule has 0 unspecified atom stereocenters. The molecule has 146 valence electrons. The molecule has 0 aliphatic rings. The average molecular weight is 457 g/mol. The molecule has 3 nitrogen and oxygen atoms in total. The highest BCUT2D eigenvalue weighted by Gasteiger charge is 2.19. The van der Waals surface area contributed by atoms with Gasteiger partial charge in [-0.05, 0) is 41.3 Å². The van der Waals surface area contributed by atoms with Crippen LogP contribution in [0.15, 0.2) is 104 Å². The molecular weight excluding hydrogens is 440 g/mol. The second-order valence-electron chi connectivity index (χ2n) is 7.10. The van der Waals surface area contributed by atoms with Crippen LogP contribution in [-0.2, 0) is 6.42 Å². The van der Waals surface area contributed by atoms with E-state index in [4.69, 9.17) is 8.83 Å². The minimum atomic E-state index is -0.384. The minimum Gasteiger partial charge on any atom is -0.463 e. The maximum atomic E-state index is 12.4. The van der Waals surface area contributed by atoms with E-state index in [1.165, 1.54) is 0 Å². The quantitative estimate of drug-likeness (QED) is 0.209. The zero-order valence-corrected chi connectivity index (χ0v) is 17.6. The normalized spacial score (nSPS) is 11.2. The molecule has 0 N–H and O–H groups in total. The monoisotopic (exact) mass is 456 g/mol. The van der Waals surface area contributed by atoms with Crippen molar-refractivity contribution in [2.75, 3.05) is 0 Å². The fourth-order valence-corrected chi connectivity index (χ4v) is 4.17. The van der Waals surface area contributed by atoms with Crippen LogP contribution < -0.4 is 5.63 Å². The Bertz CT molecular complexity index is 1440. The molecule has 5 aromatic rings. The summed E-state index contributed by atoms with van der Waals surface area (Å²) < 4.78 is 12.7. The van der Waals surface area contributed by atoms with Crippen molar-refractivity contribution in [2.45, 2.75) is 6.42 Å². The number of rotatable bonds is 4. The Hall–Kier alpha value is -3.37. The molecule has 0 aliphatic carbocycles. The van der Waals surface area contributed by atoms with E-state index < -0.39 is 0 Å². The van der Waals surface area contributed by atoms with Gasteiger partial charge in [-0.25, -0.2) is 4.79 Å². The topological polar surface area (TPSA) is 43.4 Å². The first-order valence-corrected chi connectivity index (χ1v) is 10.4. The van der Waals surface area contributed by atoms with Crippen molar-refractivity contribution in [3.05, 3.63) is 106 Å². The van der Waals surface area contributed by atoms with E-state index in [0.29, 0.717) is 17.6 Å². The molecular formula is C26H17BrO3. The summed E-state index contributed by atoms with van der Waals surface area (Å²) in [5.41, 5.74) is 5.57. The Morgan fingerprint density at radius 2 is 1.57 bits per heavy atom. The molecule has 0 radical (unpaired) electrons. The van der Waals surface area contributed by atoms with E-state index in [1.807, 2.05) is 42.5 Å².